The molecule has 0 amide bonds. The molecule has 2 rings (SSSR count). The number of benzene rings is 1. The second-order valence-electron chi connectivity index (χ2n) is 3.89. The summed E-state index contributed by atoms with van der Waals surface area (Å²) in [6.45, 7) is 3.88. The smallest absolute Gasteiger partial charge is 0.251 e. The molecule has 1 aromatic heterocycles. The summed E-state index contributed by atoms with van der Waals surface area (Å²) in [6.07, 6.45) is 1.51. The minimum Gasteiger partial charge on any atom is -0.313 e. The van der Waals surface area contributed by atoms with E-state index in [2.05, 4.69) is 50.3 Å². The van der Waals surface area contributed by atoms with Crippen molar-refractivity contribution in [3.05, 3.63) is 50.9 Å². The zero-order valence-corrected chi connectivity index (χ0v) is 12.8. The molecule has 1 heterocycles. The number of nitrogens with zero attached hydrogens (tertiary/aromatic N) is 1. The molecule has 0 aliphatic rings. The zero-order chi connectivity index (χ0) is 13.7. The van der Waals surface area contributed by atoms with E-state index in [1.54, 1.807) is 0 Å². The average molecular weight is 340 g/mol. The van der Waals surface area contributed by atoms with Gasteiger partial charge in [0.2, 0.25) is 0 Å². The highest BCUT2D eigenvalue weighted by Gasteiger charge is 2.05. The number of hydrogen-bond acceptors (Lipinski definition) is 4. The first-order chi connectivity index (χ1) is 9.19. The summed E-state index contributed by atoms with van der Waals surface area (Å²) in [6, 6.07) is 7.57. The third-order valence-electron chi connectivity index (χ3n) is 2.43. The average Bonchev–Trinajstić information content (AvgIpc) is 2.39. The van der Waals surface area contributed by atoms with Gasteiger partial charge in [-0.05, 0) is 40.2 Å². The van der Waals surface area contributed by atoms with Crippen LogP contribution < -0.4 is 10.9 Å². The third-order valence-corrected chi connectivity index (χ3v) is 4.33. The predicted octanol–water partition coefficient (Wildman–Crippen LogP) is 2.79. The molecule has 100 valence electrons. The summed E-state index contributed by atoms with van der Waals surface area (Å²) in [5.74, 6) is 0. The molecule has 0 saturated heterocycles. The maximum absolute atomic E-state index is 11.2. The van der Waals surface area contributed by atoms with Gasteiger partial charge >= 0.3 is 0 Å². The van der Waals surface area contributed by atoms with E-state index >= 15 is 0 Å². The Balaban J connectivity index is 2.15. The molecule has 0 aliphatic heterocycles. The summed E-state index contributed by atoms with van der Waals surface area (Å²) in [7, 11) is 0. The van der Waals surface area contributed by atoms with Crippen molar-refractivity contribution in [2.24, 2.45) is 0 Å². The Morgan fingerprint density at radius 2 is 2.26 bits per heavy atom. The van der Waals surface area contributed by atoms with Crippen molar-refractivity contribution >= 4 is 27.7 Å². The van der Waals surface area contributed by atoms with Gasteiger partial charge < -0.3 is 10.3 Å². The van der Waals surface area contributed by atoms with Crippen LogP contribution in [0.5, 0.6) is 0 Å². The Bertz CT molecular complexity index is 615. The molecule has 0 radical (unpaired) electrons. The topological polar surface area (TPSA) is 57.8 Å². The lowest BCUT2D eigenvalue weighted by atomic mass is 10.2. The molecule has 19 heavy (non-hydrogen) atoms. The highest BCUT2D eigenvalue weighted by atomic mass is 79.9. The van der Waals surface area contributed by atoms with Crippen LogP contribution in [-0.4, -0.2) is 16.5 Å². The van der Waals surface area contributed by atoms with E-state index in [0.29, 0.717) is 5.16 Å². The summed E-state index contributed by atoms with van der Waals surface area (Å²) < 4.78 is 0.999. The van der Waals surface area contributed by atoms with Crippen LogP contribution in [0, 0.1) is 0 Å². The van der Waals surface area contributed by atoms with Crippen molar-refractivity contribution in [1.29, 1.82) is 0 Å². The van der Waals surface area contributed by atoms with E-state index in [-0.39, 0.29) is 5.56 Å². The highest BCUT2D eigenvalue weighted by molar-refractivity contribution is 9.10. The molecule has 0 saturated carbocycles. The second-order valence-corrected chi connectivity index (χ2v) is 5.77. The van der Waals surface area contributed by atoms with E-state index in [1.807, 2.05) is 6.07 Å². The molecule has 4 nitrogen and oxygen atoms in total. The second kappa shape index (κ2) is 6.88. The Labute approximate surface area is 124 Å². The number of aromatic nitrogens is 2. The first-order valence-corrected chi connectivity index (χ1v) is 7.52. The van der Waals surface area contributed by atoms with Gasteiger partial charge in [-0.3, -0.25) is 4.79 Å². The minimum atomic E-state index is -0.141. The Kier molecular flexibility index (Phi) is 5.18. The zero-order valence-electron chi connectivity index (χ0n) is 10.4. The van der Waals surface area contributed by atoms with Crippen LogP contribution in [0.2, 0.25) is 0 Å². The van der Waals surface area contributed by atoms with E-state index in [1.165, 1.54) is 29.6 Å². The molecule has 6 heteroatoms. The van der Waals surface area contributed by atoms with Crippen LogP contribution in [0.3, 0.4) is 0 Å². The van der Waals surface area contributed by atoms with E-state index in [4.69, 9.17) is 0 Å². The number of H-pyrrole nitrogens is 1. The van der Waals surface area contributed by atoms with Crippen molar-refractivity contribution in [1.82, 2.24) is 15.3 Å². The van der Waals surface area contributed by atoms with Crippen LogP contribution in [0.1, 0.15) is 12.5 Å². The van der Waals surface area contributed by atoms with Crippen LogP contribution in [0.15, 0.2) is 49.8 Å². The molecular formula is C13H14BrN3OS. The Hall–Kier alpha value is -1.11. The van der Waals surface area contributed by atoms with Gasteiger partial charge in [-0.2, -0.15) is 0 Å². The molecule has 0 unspecified atom stereocenters. The summed E-state index contributed by atoms with van der Waals surface area (Å²) in [4.78, 5) is 19.0. The Morgan fingerprint density at radius 3 is 2.95 bits per heavy atom. The lowest BCUT2D eigenvalue weighted by Crippen LogP contribution is -2.11. The van der Waals surface area contributed by atoms with Crippen LogP contribution in [0.4, 0.5) is 0 Å². The normalized spacial score (nSPS) is 10.6. The fourth-order valence-corrected chi connectivity index (χ4v) is 2.95. The molecule has 0 bridgehead atoms. The molecule has 0 fully saturated rings. The third kappa shape index (κ3) is 4.19. The molecule has 0 atom stereocenters. The number of hydrogen-bond donors (Lipinski definition) is 2. The number of aromatic amines is 1. The van der Waals surface area contributed by atoms with Crippen molar-refractivity contribution in [2.75, 3.05) is 6.54 Å². The fraction of sp³-hybridized carbons (Fsp3) is 0.231. The fourth-order valence-electron chi connectivity index (χ4n) is 1.51. The molecule has 2 aromatic rings. The first-order valence-electron chi connectivity index (χ1n) is 5.91. The molecule has 0 aliphatic carbocycles. The van der Waals surface area contributed by atoms with E-state index < -0.39 is 0 Å². The van der Waals surface area contributed by atoms with Crippen LogP contribution in [-0.2, 0) is 6.54 Å². The summed E-state index contributed by atoms with van der Waals surface area (Å²) >= 11 is 4.97. The van der Waals surface area contributed by atoms with Crippen LogP contribution >= 0.6 is 27.7 Å². The summed E-state index contributed by atoms with van der Waals surface area (Å²) in [5, 5.41) is 3.87. The van der Waals surface area contributed by atoms with Gasteiger partial charge in [0.1, 0.15) is 0 Å². The monoisotopic (exact) mass is 339 g/mol. The van der Waals surface area contributed by atoms with Gasteiger partial charge in [0.15, 0.2) is 5.16 Å². The van der Waals surface area contributed by atoms with Crippen molar-refractivity contribution < 1.29 is 0 Å². The maximum Gasteiger partial charge on any atom is 0.251 e. The SMILES string of the molecule is CCNCc1ccc(Sc2nccc(=O)[nH]2)c(Br)c1. The van der Waals surface area contributed by atoms with Gasteiger partial charge in [-0.15, -0.1) is 0 Å². The highest BCUT2D eigenvalue weighted by Crippen LogP contribution is 2.31. The largest absolute Gasteiger partial charge is 0.313 e. The molecule has 0 spiro atoms. The van der Waals surface area contributed by atoms with Gasteiger partial charge in [0.05, 0.1) is 0 Å². The quantitative estimate of drug-likeness (QED) is 0.822. The van der Waals surface area contributed by atoms with Crippen molar-refractivity contribution in [2.45, 2.75) is 23.5 Å². The van der Waals surface area contributed by atoms with Gasteiger partial charge in [-0.25, -0.2) is 4.98 Å². The van der Waals surface area contributed by atoms with E-state index in [0.717, 1.165) is 22.5 Å². The summed E-state index contributed by atoms with van der Waals surface area (Å²) in [5.41, 5.74) is 1.07. The first kappa shape index (κ1) is 14.3. The Morgan fingerprint density at radius 1 is 1.42 bits per heavy atom. The number of rotatable bonds is 5. The van der Waals surface area contributed by atoms with Crippen LogP contribution in [0.25, 0.3) is 0 Å². The molecular weight excluding hydrogens is 326 g/mol. The number of nitrogens with one attached hydrogen (secondary N) is 2. The van der Waals surface area contributed by atoms with Gasteiger partial charge in [0, 0.05) is 28.2 Å². The van der Waals surface area contributed by atoms with Gasteiger partial charge in [0.25, 0.3) is 5.56 Å². The van der Waals surface area contributed by atoms with Crippen molar-refractivity contribution in [3.63, 3.8) is 0 Å². The van der Waals surface area contributed by atoms with Gasteiger partial charge in [-0.1, -0.05) is 24.8 Å². The minimum absolute atomic E-state index is 0.141. The number of halogens is 1. The molecule has 1 aromatic carbocycles. The standard InChI is InChI=1S/C13H14BrN3OS/c1-2-15-8-9-3-4-11(10(14)7-9)19-13-16-6-5-12(18)17-13/h3-7,15H,2,8H2,1H3,(H,16,17,18). The van der Waals surface area contributed by atoms with Crippen molar-refractivity contribution in [3.8, 4) is 0 Å². The maximum atomic E-state index is 11.2. The lowest BCUT2D eigenvalue weighted by molar-refractivity contribution is 0.726. The predicted molar refractivity (Wildman–Crippen MR) is 80.5 cm³/mol. The van der Waals surface area contributed by atoms with E-state index in [9.17, 15) is 4.79 Å². The lowest BCUT2D eigenvalue weighted by Gasteiger charge is -2.07. The molecule has 2 N–H and O–H groups in total.